The van der Waals surface area contributed by atoms with E-state index in [1.165, 1.54) is 0 Å². The van der Waals surface area contributed by atoms with Crippen LogP contribution in [0.1, 0.15) is 36.0 Å². The van der Waals surface area contributed by atoms with E-state index in [-0.39, 0.29) is 18.3 Å². The van der Waals surface area contributed by atoms with Gasteiger partial charge in [0.2, 0.25) is 0 Å². The maximum Gasteiger partial charge on any atom is 0.124 e. The van der Waals surface area contributed by atoms with Crippen LogP contribution in [0, 0.1) is 0 Å². The number of benzene rings is 1. The summed E-state index contributed by atoms with van der Waals surface area (Å²) in [5.74, 6) is 0.341. The first-order valence-corrected chi connectivity index (χ1v) is 10.5. The van der Waals surface area contributed by atoms with Crippen molar-refractivity contribution in [3.05, 3.63) is 28.8 Å². The smallest absolute Gasteiger partial charge is 0.124 e. The van der Waals surface area contributed by atoms with Crippen molar-refractivity contribution in [3.63, 3.8) is 0 Å². The van der Waals surface area contributed by atoms with E-state index >= 15 is 0 Å². The molecule has 156 valence electrons. The van der Waals surface area contributed by atoms with E-state index in [1.54, 1.807) is 0 Å². The highest BCUT2D eigenvalue weighted by Crippen LogP contribution is 2.30. The van der Waals surface area contributed by atoms with E-state index in [1.807, 2.05) is 0 Å². The standard InChI is InChI=1S/C21H33N3O4/c25-18-1-4-22(12-18)9-15-7-16(10-23-5-2-19(26)13-23)21(28)17(8-15)11-24-6-3-20(27)14-24/h7-8,18-20,25-28H,1-6,9-14H2. The van der Waals surface area contributed by atoms with Crippen molar-refractivity contribution in [1.82, 2.24) is 14.7 Å². The molecular formula is C21H33N3O4. The van der Waals surface area contributed by atoms with Gasteiger partial charge in [-0.05, 0) is 37.0 Å². The molecule has 7 nitrogen and oxygen atoms in total. The lowest BCUT2D eigenvalue weighted by molar-refractivity contribution is 0.173. The Morgan fingerprint density at radius 2 is 1.07 bits per heavy atom. The molecule has 0 aromatic heterocycles. The fourth-order valence-electron chi connectivity index (χ4n) is 4.77. The zero-order valence-corrected chi connectivity index (χ0v) is 16.5. The highest BCUT2D eigenvalue weighted by molar-refractivity contribution is 5.44. The average molecular weight is 392 g/mol. The molecule has 1 aromatic rings. The van der Waals surface area contributed by atoms with E-state index in [4.69, 9.17) is 0 Å². The van der Waals surface area contributed by atoms with Gasteiger partial charge in [-0.2, -0.15) is 0 Å². The van der Waals surface area contributed by atoms with Gasteiger partial charge in [0, 0.05) is 70.0 Å². The van der Waals surface area contributed by atoms with Crippen molar-refractivity contribution in [2.45, 2.75) is 57.2 Å². The minimum absolute atomic E-state index is 0.242. The maximum atomic E-state index is 10.9. The van der Waals surface area contributed by atoms with Crippen LogP contribution in [0.4, 0.5) is 0 Å². The molecule has 3 aliphatic heterocycles. The third-order valence-electron chi connectivity index (χ3n) is 6.26. The number of nitrogens with zero attached hydrogens (tertiary/aromatic N) is 3. The van der Waals surface area contributed by atoms with Gasteiger partial charge in [0.15, 0.2) is 0 Å². The monoisotopic (exact) mass is 391 g/mol. The Labute approximate surface area is 166 Å². The summed E-state index contributed by atoms with van der Waals surface area (Å²) in [5.41, 5.74) is 2.96. The molecule has 0 saturated carbocycles. The van der Waals surface area contributed by atoms with Gasteiger partial charge in [0.05, 0.1) is 18.3 Å². The summed E-state index contributed by atoms with van der Waals surface area (Å²) >= 11 is 0. The average Bonchev–Trinajstić information content (AvgIpc) is 3.35. The number of likely N-dealkylation sites (tertiary alicyclic amines) is 3. The van der Waals surface area contributed by atoms with Crippen LogP contribution >= 0.6 is 0 Å². The lowest BCUT2D eigenvalue weighted by Gasteiger charge is -2.23. The predicted octanol–water partition coefficient (Wildman–Crippen LogP) is 0.0920. The number of aromatic hydroxyl groups is 1. The van der Waals surface area contributed by atoms with Crippen LogP contribution in [0.15, 0.2) is 12.1 Å². The van der Waals surface area contributed by atoms with Gasteiger partial charge < -0.3 is 20.4 Å². The number of hydrogen-bond donors (Lipinski definition) is 4. The summed E-state index contributed by atoms with van der Waals surface area (Å²) in [6.45, 7) is 6.61. The summed E-state index contributed by atoms with van der Waals surface area (Å²) in [5, 5.41) is 40.4. The normalized spacial score (nSPS) is 29.9. The first kappa shape index (κ1) is 20.1. The van der Waals surface area contributed by atoms with Crippen molar-refractivity contribution in [3.8, 4) is 5.75 Å². The molecule has 0 aliphatic carbocycles. The van der Waals surface area contributed by atoms with Crippen molar-refractivity contribution in [2.75, 3.05) is 39.3 Å². The quantitative estimate of drug-likeness (QED) is 0.546. The van der Waals surface area contributed by atoms with Crippen LogP contribution < -0.4 is 0 Å². The molecule has 3 fully saturated rings. The second-order valence-electron chi connectivity index (χ2n) is 8.80. The third kappa shape index (κ3) is 4.84. The first-order valence-electron chi connectivity index (χ1n) is 10.5. The largest absolute Gasteiger partial charge is 0.507 e. The Kier molecular flexibility index (Phi) is 6.20. The van der Waals surface area contributed by atoms with Gasteiger partial charge in [0.25, 0.3) is 0 Å². The summed E-state index contributed by atoms with van der Waals surface area (Å²) in [6, 6.07) is 4.15. The molecule has 1 aromatic carbocycles. The third-order valence-corrected chi connectivity index (χ3v) is 6.26. The Bertz CT molecular complexity index is 643. The molecule has 3 saturated heterocycles. The van der Waals surface area contributed by atoms with E-state index in [0.29, 0.717) is 38.5 Å². The molecule has 3 aliphatic rings. The van der Waals surface area contributed by atoms with Crippen molar-refractivity contribution in [1.29, 1.82) is 0 Å². The molecule has 4 N–H and O–H groups in total. The van der Waals surface area contributed by atoms with E-state index < -0.39 is 0 Å². The molecule has 28 heavy (non-hydrogen) atoms. The minimum atomic E-state index is -0.276. The lowest BCUT2D eigenvalue weighted by atomic mass is 10.0. The number of rotatable bonds is 6. The second-order valence-corrected chi connectivity index (χ2v) is 8.80. The first-order chi connectivity index (χ1) is 13.5. The predicted molar refractivity (Wildman–Crippen MR) is 106 cm³/mol. The zero-order valence-electron chi connectivity index (χ0n) is 16.5. The molecule has 3 unspecified atom stereocenters. The van der Waals surface area contributed by atoms with Gasteiger partial charge in [-0.3, -0.25) is 14.7 Å². The number of hydrogen-bond acceptors (Lipinski definition) is 7. The van der Waals surface area contributed by atoms with Crippen LogP contribution in [0.5, 0.6) is 5.75 Å². The zero-order chi connectivity index (χ0) is 19.7. The molecule has 3 heterocycles. The number of phenolic OH excluding ortho intramolecular Hbond substituents is 1. The molecule has 0 bridgehead atoms. The van der Waals surface area contributed by atoms with Gasteiger partial charge >= 0.3 is 0 Å². The van der Waals surface area contributed by atoms with Crippen LogP contribution in [0.3, 0.4) is 0 Å². The Hall–Kier alpha value is -1.22. The van der Waals surface area contributed by atoms with Gasteiger partial charge in [-0.15, -0.1) is 0 Å². The number of aliphatic hydroxyl groups excluding tert-OH is 3. The topological polar surface area (TPSA) is 90.6 Å². The van der Waals surface area contributed by atoms with Crippen LogP contribution in [0.2, 0.25) is 0 Å². The van der Waals surface area contributed by atoms with E-state index in [9.17, 15) is 20.4 Å². The Morgan fingerprint density at radius 1 is 0.679 bits per heavy atom. The van der Waals surface area contributed by atoms with Crippen molar-refractivity contribution < 1.29 is 20.4 Å². The van der Waals surface area contributed by atoms with Gasteiger partial charge in [-0.25, -0.2) is 0 Å². The lowest BCUT2D eigenvalue weighted by Crippen LogP contribution is -2.24. The fraction of sp³-hybridized carbons (Fsp3) is 0.714. The van der Waals surface area contributed by atoms with Crippen LogP contribution in [-0.4, -0.2) is 92.7 Å². The Morgan fingerprint density at radius 3 is 1.43 bits per heavy atom. The maximum absolute atomic E-state index is 10.9. The highest BCUT2D eigenvalue weighted by Gasteiger charge is 2.25. The summed E-state index contributed by atoms with van der Waals surface area (Å²) < 4.78 is 0. The van der Waals surface area contributed by atoms with Crippen molar-refractivity contribution in [2.24, 2.45) is 0 Å². The highest BCUT2D eigenvalue weighted by atomic mass is 16.3. The Balaban J connectivity index is 1.54. The molecular weight excluding hydrogens is 358 g/mol. The van der Waals surface area contributed by atoms with E-state index in [2.05, 4.69) is 26.8 Å². The summed E-state index contributed by atoms with van der Waals surface area (Å²) in [4.78, 5) is 6.63. The molecule has 4 rings (SSSR count). The fourth-order valence-corrected chi connectivity index (χ4v) is 4.77. The number of phenols is 1. The molecule has 0 amide bonds. The van der Waals surface area contributed by atoms with Crippen molar-refractivity contribution >= 4 is 0 Å². The SMILES string of the molecule is Oc1c(CN2CCC(O)C2)cc(CN2CCC(O)C2)cc1CN1CCC(O)C1. The number of β-amino-alcohol motifs (C(OH)–C–C–N with tert-alkyl or cyclic N) is 3. The summed E-state index contributed by atoms with van der Waals surface area (Å²) in [6.07, 6.45) is 1.59. The molecule has 0 radical (unpaired) electrons. The van der Waals surface area contributed by atoms with Crippen LogP contribution in [0.25, 0.3) is 0 Å². The molecule has 7 heteroatoms. The van der Waals surface area contributed by atoms with Crippen LogP contribution in [-0.2, 0) is 19.6 Å². The van der Waals surface area contributed by atoms with E-state index in [0.717, 1.165) is 62.1 Å². The van der Waals surface area contributed by atoms with Gasteiger partial charge in [0.1, 0.15) is 5.75 Å². The number of aliphatic hydroxyl groups is 3. The molecule has 0 spiro atoms. The summed E-state index contributed by atoms with van der Waals surface area (Å²) in [7, 11) is 0. The minimum Gasteiger partial charge on any atom is -0.507 e. The van der Waals surface area contributed by atoms with Gasteiger partial charge in [-0.1, -0.05) is 0 Å². The molecule has 3 atom stereocenters. The second kappa shape index (κ2) is 8.65.